The Kier molecular flexibility index (Phi) is 3.73. The second-order valence-corrected chi connectivity index (χ2v) is 5.00. The van der Waals surface area contributed by atoms with Crippen LogP contribution in [0.1, 0.15) is 6.42 Å². The molecule has 3 rings (SSSR count). The molecule has 1 aliphatic heterocycles. The van der Waals surface area contributed by atoms with Crippen LogP contribution >= 0.6 is 0 Å². The number of nitrogens with zero attached hydrogens (tertiary/aromatic N) is 2. The van der Waals surface area contributed by atoms with Crippen molar-refractivity contribution in [2.24, 2.45) is 0 Å². The number of imidazole rings is 1. The number of hydrogen-bond acceptors (Lipinski definition) is 4. The first kappa shape index (κ1) is 14.1. The molecule has 0 spiro atoms. The average molecular weight is 301 g/mol. The molecule has 1 aliphatic rings. The zero-order valence-corrected chi connectivity index (χ0v) is 11.7. The zero-order chi connectivity index (χ0) is 15.5. The molecule has 3 N–H and O–H groups in total. The van der Waals surface area contributed by atoms with Gasteiger partial charge in [-0.3, -0.25) is 14.9 Å². The summed E-state index contributed by atoms with van der Waals surface area (Å²) in [4.78, 5) is 38.3. The molecule has 1 aromatic carbocycles. The van der Waals surface area contributed by atoms with Gasteiger partial charge in [0.2, 0.25) is 5.91 Å². The molecule has 8 nitrogen and oxygen atoms in total. The standard InChI is InChI=1S/C14H15N5O3/c20-12(7-10-13(21)18-14(22)17-10)15-5-6-19-8-16-9-3-1-2-4-11(9)19/h1-4,8,10H,5-7H2,(H,15,20)(H2,17,18,21,22). The Bertz CT molecular complexity index is 739. The molecule has 0 saturated carbocycles. The van der Waals surface area contributed by atoms with Crippen LogP contribution in [0.2, 0.25) is 0 Å². The smallest absolute Gasteiger partial charge is 0.322 e. The minimum atomic E-state index is -0.790. The van der Waals surface area contributed by atoms with Crippen LogP contribution in [-0.4, -0.2) is 40.0 Å². The number of rotatable bonds is 5. The zero-order valence-electron chi connectivity index (χ0n) is 11.7. The van der Waals surface area contributed by atoms with Gasteiger partial charge in [-0.15, -0.1) is 0 Å². The molecule has 22 heavy (non-hydrogen) atoms. The summed E-state index contributed by atoms with van der Waals surface area (Å²) in [6.45, 7) is 0.997. The quantitative estimate of drug-likeness (QED) is 0.662. The van der Waals surface area contributed by atoms with Crippen molar-refractivity contribution in [1.29, 1.82) is 0 Å². The number of nitrogens with one attached hydrogen (secondary N) is 3. The summed E-state index contributed by atoms with van der Waals surface area (Å²) >= 11 is 0. The molecule has 1 aromatic heterocycles. The lowest BCUT2D eigenvalue weighted by Gasteiger charge is -2.09. The molecule has 1 saturated heterocycles. The van der Waals surface area contributed by atoms with E-state index in [2.05, 4.69) is 20.9 Å². The topological polar surface area (TPSA) is 105 Å². The summed E-state index contributed by atoms with van der Waals surface area (Å²) in [6.07, 6.45) is 1.66. The highest BCUT2D eigenvalue weighted by Gasteiger charge is 2.30. The first-order valence-corrected chi connectivity index (χ1v) is 6.91. The van der Waals surface area contributed by atoms with Crippen LogP contribution in [0.3, 0.4) is 0 Å². The van der Waals surface area contributed by atoms with E-state index in [0.29, 0.717) is 13.1 Å². The van der Waals surface area contributed by atoms with Gasteiger partial charge in [-0.2, -0.15) is 0 Å². The number of carbonyl (C=O) groups excluding carboxylic acids is 3. The monoisotopic (exact) mass is 301 g/mol. The number of aromatic nitrogens is 2. The highest BCUT2D eigenvalue weighted by molar-refractivity contribution is 6.05. The van der Waals surface area contributed by atoms with E-state index in [-0.39, 0.29) is 12.3 Å². The van der Waals surface area contributed by atoms with Crippen molar-refractivity contribution < 1.29 is 14.4 Å². The fourth-order valence-corrected chi connectivity index (χ4v) is 2.36. The normalized spacial score (nSPS) is 17.4. The number of para-hydroxylation sites is 2. The lowest BCUT2D eigenvalue weighted by atomic mass is 10.2. The molecule has 8 heteroatoms. The van der Waals surface area contributed by atoms with Crippen LogP contribution in [0.4, 0.5) is 4.79 Å². The van der Waals surface area contributed by atoms with E-state index >= 15 is 0 Å². The molecule has 0 aliphatic carbocycles. The van der Waals surface area contributed by atoms with Crippen molar-refractivity contribution in [3.63, 3.8) is 0 Å². The summed E-state index contributed by atoms with van der Waals surface area (Å²) in [5, 5.41) is 7.21. The molecule has 0 radical (unpaired) electrons. The summed E-state index contributed by atoms with van der Waals surface area (Å²) in [6, 6.07) is 6.38. The first-order chi connectivity index (χ1) is 10.6. The molecular formula is C14H15N5O3. The van der Waals surface area contributed by atoms with Crippen LogP contribution in [0, 0.1) is 0 Å². The highest BCUT2D eigenvalue weighted by Crippen LogP contribution is 2.11. The summed E-state index contributed by atoms with van der Waals surface area (Å²) < 4.78 is 1.94. The maximum absolute atomic E-state index is 11.8. The van der Waals surface area contributed by atoms with Crippen LogP contribution in [0.15, 0.2) is 30.6 Å². The molecule has 1 fully saturated rings. The van der Waals surface area contributed by atoms with Crippen molar-refractivity contribution in [1.82, 2.24) is 25.5 Å². The molecule has 4 amide bonds. The molecular weight excluding hydrogens is 286 g/mol. The third-order valence-corrected chi connectivity index (χ3v) is 3.45. The van der Waals surface area contributed by atoms with Gasteiger partial charge in [-0.1, -0.05) is 12.1 Å². The molecule has 0 bridgehead atoms. The van der Waals surface area contributed by atoms with Crippen molar-refractivity contribution in [2.45, 2.75) is 19.0 Å². The Hall–Kier alpha value is -2.90. The lowest BCUT2D eigenvalue weighted by molar-refractivity contribution is -0.126. The van der Waals surface area contributed by atoms with Crippen molar-refractivity contribution >= 4 is 28.9 Å². The van der Waals surface area contributed by atoms with Crippen LogP contribution in [0.5, 0.6) is 0 Å². The Labute approximate surface area is 125 Å². The third-order valence-electron chi connectivity index (χ3n) is 3.45. The van der Waals surface area contributed by atoms with Gasteiger partial charge < -0.3 is 15.2 Å². The number of urea groups is 1. The number of fused-ring (bicyclic) bond motifs is 1. The summed E-state index contributed by atoms with van der Waals surface area (Å²) in [5.74, 6) is -0.757. The van der Waals surface area contributed by atoms with Crippen molar-refractivity contribution in [2.75, 3.05) is 6.54 Å². The van der Waals surface area contributed by atoms with Gasteiger partial charge >= 0.3 is 6.03 Å². The lowest BCUT2D eigenvalue weighted by Crippen LogP contribution is -2.37. The molecule has 1 atom stereocenters. The van der Waals surface area contributed by atoms with Crippen LogP contribution in [-0.2, 0) is 16.1 Å². The molecule has 2 heterocycles. The van der Waals surface area contributed by atoms with E-state index in [4.69, 9.17) is 0 Å². The SMILES string of the molecule is O=C(CC1NC(=O)NC1=O)NCCn1cnc2ccccc21. The number of carbonyl (C=O) groups is 3. The molecule has 1 unspecified atom stereocenters. The number of hydrogen-bond donors (Lipinski definition) is 3. The second-order valence-electron chi connectivity index (χ2n) is 5.00. The fraction of sp³-hybridized carbons (Fsp3) is 0.286. The average Bonchev–Trinajstić information content (AvgIpc) is 3.03. The van der Waals surface area contributed by atoms with E-state index in [1.807, 2.05) is 28.8 Å². The number of imide groups is 1. The van der Waals surface area contributed by atoms with E-state index in [9.17, 15) is 14.4 Å². The molecule has 114 valence electrons. The second kappa shape index (κ2) is 5.84. The maximum Gasteiger partial charge on any atom is 0.322 e. The van der Waals surface area contributed by atoms with Gasteiger partial charge in [0.15, 0.2) is 0 Å². The van der Waals surface area contributed by atoms with Crippen molar-refractivity contribution in [3.05, 3.63) is 30.6 Å². The van der Waals surface area contributed by atoms with Crippen LogP contribution < -0.4 is 16.0 Å². The largest absolute Gasteiger partial charge is 0.354 e. The maximum atomic E-state index is 11.8. The summed E-state index contributed by atoms with van der Waals surface area (Å²) in [7, 11) is 0. The van der Waals surface area contributed by atoms with Gasteiger partial charge in [-0.05, 0) is 12.1 Å². The predicted molar refractivity (Wildman–Crippen MR) is 77.8 cm³/mol. The number of benzene rings is 1. The van der Waals surface area contributed by atoms with Gasteiger partial charge in [0.1, 0.15) is 6.04 Å². The highest BCUT2D eigenvalue weighted by atomic mass is 16.2. The Morgan fingerprint density at radius 2 is 2.14 bits per heavy atom. The predicted octanol–water partition coefficient (Wildman–Crippen LogP) is -0.249. The fourth-order valence-electron chi connectivity index (χ4n) is 2.36. The van der Waals surface area contributed by atoms with E-state index in [1.54, 1.807) is 6.33 Å². The molecule has 2 aromatic rings. The minimum Gasteiger partial charge on any atom is -0.354 e. The van der Waals surface area contributed by atoms with Crippen LogP contribution in [0.25, 0.3) is 11.0 Å². The summed E-state index contributed by atoms with van der Waals surface area (Å²) in [5.41, 5.74) is 1.90. The number of amides is 4. The Balaban J connectivity index is 1.49. The minimum absolute atomic E-state index is 0.0672. The first-order valence-electron chi connectivity index (χ1n) is 6.91. The van der Waals surface area contributed by atoms with E-state index in [1.165, 1.54) is 0 Å². The van der Waals surface area contributed by atoms with Gasteiger partial charge in [0, 0.05) is 13.1 Å². The van der Waals surface area contributed by atoms with Gasteiger partial charge in [0.05, 0.1) is 23.8 Å². The Morgan fingerprint density at radius 3 is 2.91 bits per heavy atom. The van der Waals surface area contributed by atoms with Gasteiger partial charge in [0.25, 0.3) is 5.91 Å². The Morgan fingerprint density at radius 1 is 1.32 bits per heavy atom. The van der Waals surface area contributed by atoms with Gasteiger partial charge in [-0.25, -0.2) is 9.78 Å². The third kappa shape index (κ3) is 2.90. The van der Waals surface area contributed by atoms with Crippen molar-refractivity contribution in [3.8, 4) is 0 Å². The van der Waals surface area contributed by atoms with E-state index < -0.39 is 18.0 Å². The van der Waals surface area contributed by atoms with E-state index in [0.717, 1.165) is 11.0 Å².